The van der Waals surface area contributed by atoms with Crippen LogP contribution in [0.15, 0.2) is 34.0 Å². The number of halogens is 1. The summed E-state index contributed by atoms with van der Waals surface area (Å²) >= 11 is 0. The number of fused-ring (bicyclic) bond motifs is 1. The fraction of sp³-hybridized carbons (Fsp3) is 0.538. The van der Waals surface area contributed by atoms with E-state index < -0.39 is 70.5 Å². The van der Waals surface area contributed by atoms with E-state index in [9.17, 15) is 47.7 Å². The first-order chi connectivity index (χ1) is 15.2. The van der Waals surface area contributed by atoms with Crippen LogP contribution in [0.25, 0.3) is 0 Å². The second-order valence-electron chi connectivity index (χ2n) is 7.42. The lowest BCUT2D eigenvalue weighted by Gasteiger charge is -2.35. The molecule has 3 unspecified atom stereocenters. The van der Waals surface area contributed by atoms with Crippen LogP contribution >= 0.6 is 23.5 Å². The molecule has 1 saturated heterocycles. The minimum Gasteiger partial charge on any atom is -0.380 e. The standard InChI is InChI=1S/C13H18FN2O15P3/c1-6(2)12(19)9(16-4-3-7(17)15-10(16)18)29-11(8(14)13(11,12)20)5-28-33(24,25)31-34(26,27)30-32(21,22)23/h3-4,8-9,19-20H,1,5H2,2H3,(H,24,25)(H,26,27)(H,15,17,18)(H2,21,22,23)/t8?,9-,11+,12+,13-/m1/s1. The third kappa shape index (κ3) is 4.24. The van der Waals surface area contributed by atoms with E-state index in [0.717, 1.165) is 19.2 Å². The Hall–Kier alpha value is -1.36. The second-order valence-corrected chi connectivity index (χ2v) is 11.8. The molecular weight excluding hydrogens is 536 g/mol. The van der Waals surface area contributed by atoms with Gasteiger partial charge in [-0.3, -0.25) is 18.9 Å². The van der Waals surface area contributed by atoms with Gasteiger partial charge < -0.3 is 34.5 Å². The van der Waals surface area contributed by atoms with Crippen LogP contribution in [0.5, 0.6) is 0 Å². The van der Waals surface area contributed by atoms with Gasteiger partial charge in [0.05, 0.1) is 6.61 Å². The van der Waals surface area contributed by atoms with Crippen LogP contribution in [0, 0.1) is 0 Å². The summed E-state index contributed by atoms with van der Waals surface area (Å²) in [4.78, 5) is 61.2. The summed E-state index contributed by atoms with van der Waals surface area (Å²) in [6.07, 6.45) is -3.64. The molecular formula is C13H18FN2O15P3. The van der Waals surface area contributed by atoms with Crippen LogP contribution in [-0.2, 0) is 31.6 Å². The molecule has 1 aromatic rings. The number of aliphatic hydroxyl groups is 2. The summed E-state index contributed by atoms with van der Waals surface area (Å²) in [5, 5.41) is 22.1. The van der Waals surface area contributed by atoms with E-state index in [4.69, 9.17) is 14.5 Å². The normalized spacial score (nSPS) is 36.4. The Balaban J connectivity index is 1.92. The molecule has 3 rings (SSSR count). The zero-order chi connectivity index (χ0) is 26.1. The number of phosphoric acid groups is 3. The fourth-order valence-corrected chi connectivity index (χ4v) is 6.74. The summed E-state index contributed by atoms with van der Waals surface area (Å²) in [5.41, 5.74) is -10.7. The maximum Gasteiger partial charge on any atom is 0.490 e. The molecule has 0 bridgehead atoms. The van der Waals surface area contributed by atoms with Gasteiger partial charge in [-0.05, 0) is 12.5 Å². The van der Waals surface area contributed by atoms with Crippen molar-refractivity contribution in [2.24, 2.45) is 0 Å². The van der Waals surface area contributed by atoms with Gasteiger partial charge >= 0.3 is 29.2 Å². The molecule has 1 aliphatic carbocycles. The number of phosphoric ester groups is 1. The number of rotatable bonds is 9. The van der Waals surface area contributed by atoms with Crippen molar-refractivity contribution in [3.63, 3.8) is 0 Å². The average molecular weight is 554 g/mol. The molecule has 0 aromatic carbocycles. The molecule has 192 valence electrons. The van der Waals surface area contributed by atoms with Crippen molar-refractivity contribution in [1.29, 1.82) is 0 Å². The highest BCUT2D eigenvalue weighted by Gasteiger charge is 2.94. The first-order valence-corrected chi connectivity index (χ1v) is 13.3. The minimum absolute atomic E-state index is 0.335. The molecule has 1 aliphatic heterocycles. The largest absolute Gasteiger partial charge is 0.490 e. The number of aromatic nitrogens is 2. The lowest BCUT2D eigenvalue weighted by molar-refractivity contribution is -0.150. The maximum atomic E-state index is 14.9. The SMILES string of the molecule is C=C(C)[C@]1(O)[C@H](n2ccc(=O)[nH]c2=O)O[C@@]2(COP(=O)(O)OP(=O)(O)OP(=O)(O)O)C(F)[C@@]21O. The van der Waals surface area contributed by atoms with Crippen molar-refractivity contribution in [3.05, 3.63) is 45.3 Å². The summed E-state index contributed by atoms with van der Waals surface area (Å²) in [6.45, 7) is 3.11. The van der Waals surface area contributed by atoms with Gasteiger partial charge in [-0.2, -0.15) is 8.62 Å². The van der Waals surface area contributed by atoms with E-state index in [1.165, 1.54) is 0 Å². The van der Waals surface area contributed by atoms with Crippen molar-refractivity contribution in [2.45, 2.75) is 36.1 Å². The third-order valence-corrected chi connectivity index (χ3v) is 8.99. The summed E-state index contributed by atoms with van der Waals surface area (Å²) in [7, 11) is -17.3. The second kappa shape index (κ2) is 8.08. The highest BCUT2D eigenvalue weighted by atomic mass is 31.3. The van der Waals surface area contributed by atoms with Gasteiger partial charge in [0.15, 0.2) is 29.2 Å². The van der Waals surface area contributed by atoms with Crippen LogP contribution in [0.2, 0.25) is 0 Å². The molecule has 7 N–H and O–H groups in total. The molecule has 2 heterocycles. The maximum absolute atomic E-state index is 14.9. The quantitative estimate of drug-likeness (QED) is 0.136. The van der Waals surface area contributed by atoms with E-state index in [1.54, 1.807) is 0 Å². The van der Waals surface area contributed by atoms with Crippen LogP contribution in [0.1, 0.15) is 13.2 Å². The minimum atomic E-state index is -5.89. The van der Waals surface area contributed by atoms with Gasteiger partial charge in [0.25, 0.3) is 5.56 Å². The predicted octanol–water partition coefficient (Wildman–Crippen LogP) is -1.46. The molecule has 21 heteroatoms. The molecule has 0 spiro atoms. The molecule has 2 aliphatic rings. The Morgan fingerprint density at radius 1 is 1.21 bits per heavy atom. The number of hydrogen-bond donors (Lipinski definition) is 7. The molecule has 0 amide bonds. The molecule has 0 radical (unpaired) electrons. The van der Waals surface area contributed by atoms with Crippen molar-refractivity contribution < 1.29 is 65.8 Å². The van der Waals surface area contributed by atoms with Gasteiger partial charge in [-0.15, -0.1) is 0 Å². The fourth-order valence-electron chi connectivity index (χ4n) is 3.69. The van der Waals surface area contributed by atoms with E-state index in [2.05, 4.69) is 19.7 Å². The topological polar surface area (TPSA) is 264 Å². The number of aromatic amines is 1. The van der Waals surface area contributed by atoms with Crippen molar-refractivity contribution in [3.8, 4) is 0 Å². The van der Waals surface area contributed by atoms with Gasteiger partial charge in [0.1, 0.15) is 0 Å². The third-order valence-electron chi connectivity index (χ3n) is 5.21. The monoisotopic (exact) mass is 554 g/mol. The number of nitrogens with zero attached hydrogens (tertiary/aromatic N) is 1. The van der Waals surface area contributed by atoms with Crippen molar-refractivity contribution >= 4 is 23.5 Å². The van der Waals surface area contributed by atoms with E-state index in [-0.39, 0.29) is 5.57 Å². The number of alkyl halides is 1. The number of nitrogens with one attached hydrogen (secondary N) is 1. The zero-order valence-corrected chi connectivity index (χ0v) is 19.4. The molecule has 2 fully saturated rings. The Morgan fingerprint density at radius 3 is 2.29 bits per heavy atom. The molecule has 1 aromatic heterocycles. The number of ether oxygens (including phenoxy) is 1. The Bertz CT molecular complexity index is 1290. The summed E-state index contributed by atoms with van der Waals surface area (Å²) < 4.78 is 66.3. The van der Waals surface area contributed by atoms with E-state index in [1.807, 2.05) is 4.98 Å². The van der Waals surface area contributed by atoms with Gasteiger partial charge in [-0.25, -0.2) is 22.9 Å². The van der Waals surface area contributed by atoms with Crippen LogP contribution in [0.4, 0.5) is 4.39 Å². The highest BCUT2D eigenvalue weighted by Crippen LogP contribution is 2.72. The number of H-pyrrole nitrogens is 1. The lowest BCUT2D eigenvalue weighted by Crippen LogP contribution is -2.53. The molecule has 17 nitrogen and oxygen atoms in total. The lowest BCUT2D eigenvalue weighted by atomic mass is 9.85. The van der Waals surface area contributed by atoms with Gasteiger partial charge in [0.2, 0.25) is 0 Å². The first kappa shape index (κ1) is 27.2. The van der Waals surface area contributed by atoms with Gasteiger partial charge in [-0.1, -0.05) is 6.58 Å². The summed E-state index contributed by atoms with van der Waals surface area (Å²) in [6, 6.07) is 0.837. The molecule has 1 saturated carbocycles. The van der Waals surface area contributed by atoms with E-state index in [0.29, 0.717) is 4.57 Å². The highest BCUT2D eigenvalue weighted by molar-refractivity contribution is 7.66. The first-order valence-electron chi connectivity index (χ1n) is 8.75. The van der Waals surface area contributed by atoms with Crippen LogP contribution < -0.4 is 11.2 Å². The van der Waals surface area contributed by atoms with Crippen LogP contribution in [0.3, 0.4) is 0 Å². The Labute approximate surface area is 187 Å². The van der Waals surface area contributed by atoms with E-state index >= 15 is 0 Å². The summed E-state index contributed by atoms with van der Waals surface area (Å²) in [5.74, 6) is 0. The van der Waals surface area contributed by atoms with Crippen molar-refractivity contribution in [2.75, 3.05) is 6.61 Å². The predicted molar refractivity (Wildman–Crippen MR) is 104 cm³/mol. The van der Waals surface area contributed by atoms with Crippen LogP contribution in [-0.4, -0.2) is 68.9 Å². The molecule has 7 atom stereocenters. The zero-order valence-electron chi connectivity index (χ0n) is 16.7. The smallest absolute Gasteiger partial charge is 0.380 e. The van der Waals surface area contributed by atoms with Crippen molar-refractivity contribution in [1.82, 2.24) is 9.55 Å². The Kier molecular flexibility index (Phi) is 6.47. The molecule has 34 heavy (non-hydrogen) atoms. The Morgan fingerprint density at radius 2 is 1.79 bits per heavy atom. The van der Waals surface area contributed by atoms with Gasteiger partial charge in [0, 0.05) is 12.3 Å². The average Bonchev–Trinajstić information content (AvgIpc) is 3.00. The number of hydrogen-bond acceptors (Lipinski definition) is 11.